The van der Waals surface area contributed by atoms with Crippen LogP contribution in [0.1, 0.15) is 6.92 Å². The van der Waals surface area contributed by atoms with Crippen LogP contribution in [0.5, 0.6) is 0 Å². The predicted octanol–water partition coefficient (Wildman–Crippen LogP) is 0.906. The summed E-state index contributed by atoms with van der Waals surface area (Å²) in [6.45, 7) is 9.95. The normalized spacial score (nSPS) is 10.1. The summed E-state index contributed by atoms with van der Waals surface area (Å²) in [7, 11) is 1.35. The molecule has 0 aliphatic heterocycles. The van der Waals surface area contributed by atoms with E-state index in [2.05, 4.69) is 25.1 Å². The van der Waals surface area contributed by atoms with E-state index >= 15 is 0 Å². The van der Waals surface area contributed by atoms with Crippen molar-refractivity contribution >= 4 is 24.0 Å². The first kappa shape index (κ1) is 22.9. The number of nitrogens with one attached hydrogen (secondary N) is 1. The number of amides is 1. The van der Waals surface area contributed by atoms with E-state index in [9.17, 15) is 19.2 Å². The van der Waals surface area contributed by atoms with Crippen LogP contribution < -0.4 is 5.32 Å². The second-order valence-corrected chi connectivity index (χ2v) is 5.31. The molecule has 26 heavy (non-hydrogen) atoms. The van der Waals surface area contributed by atoms with E-state index in [0.29, 0.717) is 0 Å². The van der Waals surface area contributed by atoms with Crippen LogP contribution in [0.2, 0.25) is 0 Å². The van der Waals surface area contributed by atoms with Crippen molar-refractivity contribution in [3.63, 3.8) is 0 Å². The minimum absolute atomic E-state index is 0.136. The summed E-state index contributed by atoms with van der Waals surface area (Å²) in [6, 6.07) is 0. The van der Waals surface area contributed by atoms with Crippen LogP contribution >= 0.6 is 0 Å². The largest absolute Gasteiger partial charge is 0.462 e. The number of rotatable bonds is 11. The van der Waals surface area contributed by atoms with Crippen LogP contribution in [0.3, 0.4) is 0 Å². The third kappa shape index (κ3) is 8.67. The van der Waals surface area contributed by atoms with Gasteiger partial charge in [0.2, 0.25) is 0 Å². The van der Waals surface area contributed by atoms with Gasteiger partial charge in [0.1, 0.15) is 31.8 Å². The highest BCUT2D eigenvalue weighted by molar-refractivity contribution is 5.87. The van der Waals surface area contributed by atoms with E-state index in [-0.39, 0.29) is 32.0 Å². The number of hydrogen-bond donors (Lipinski definition) is 1. The molecule has 0 bridgehead atoms. The Kier molecular flexibility index (Phi) is 10.1. The highest BCUT2D eigenvalue weighted by Gasteiger charge is 2.37. The second-order valence-electron chi connectivity index (χ2n) is 5.31. The van der Waals surface area contributed by atoms with Gasteiger partial charge in [0.15, 0.2) is 0 Å². The first-order chi connectivity index (χ1) is 12.2. The Morgan fingerprint density at radius 2 is 1.31 bits per heavy atom. The van der Waals surface area contributed by atoms with Gasteiger partial charge in [0.25, 0.3) is 0 Å². The average Bonchev–Trinajstić information content (AvgIpc) is 2.65. The van der Waals surface area contributed by atoms with E-state index in [1.165, 1.54) is 14.0 Å². The van der Waals surface area contributed by atoms with Crippen molar-refractivity contribution in [1.29, 1.82) is 0 Å². The lowest BCUT2D eigenvalue weighted by Gasteiger charge is -2.31. The lowest BCUT2D eigenvalue weighted by atomic mass is 9.92. The molecule has 0 aromatic carbocycles. The minimum Gasteiger partial charge on any atom is -0.462 e. The van der Waals surface area contributed by atoms with Crippen LogP contribution in [0.25, 0.3) is 0 Å². The molecule has 0 fully saturated rings. The maximum Gasteiger partial charge on any atom is 0.406 e. The van der Waals surface area contributed by atoms with Crippen molar-refractivity contribution in [2.45, 2.75) is 6.92 Å². The zero-order valence-corrected chi connectivity index (χ0v) is 14.9. The number of carbonyl (C=O) groups is 4. The van der Waals surface area contributed by atoms with Crippen LogP contribution in [0.4, 0.5) is 4.79 Å². The van der Waals surface area contributed by atoms with Gasteiger partial charge in [-0.1, -0.05) is 19.7 Å². The lowest BCUT2D eigenvalue weighted by Crippen LogP contribution is -2.44. The fourth-order valence-corrected chi connectivity index (χ4v) is 1.45. The summed E-state index contributed by atoms with van der Waals surface area (Å²) in [6.07, 6.45) is 1.09. The topological polar surface area (TPSA) is 117 Å². The van der Waals surface area contributed by atoms with E-state index < -0.39 is 29.4 Å². The first-order valence-corrected chi connectivity index (χ1v) is 7.45. The summed E-state index contributed by atoms with van der Waals surface area (Å²) in [5.41, 5.74) is -1.20. The molecule has 0 aromatic heterocycles. The molecule has 9 heteroatoms. The third-order valence-electron chi connectivity index (χ3n) is 2.95. The van der Waals surface area contributed by atoms with Crippen LogP contribution in [-0.4, -0.2) is 57.5 Å². The van der Waals surface area contributed by atoms with Gasteiger partial charge in [-0.25, -0.2) is 19.2 Å². The van der Waals surface area contributed by atoms with Crippen molar-refractivity contribution in [1.82, 2.24) is 5.32 Å². The molecule has 0 atom stereocenters. The quantitative estimate of drug-likeness (QED) is 0.324. The Balaban J connectivity index is 5.41. The molecule has 0 radical (unpaired) electrons. The molecular formula is C17H23NO8. The van der Waals surface area contributed by atoms with Crippen molar-refractivity contribution in [3.05, 3.63) is 37.5 Å². The first-order valence-electron chi connectivity index (χ1n) is 7.45. The van der Waals surface area contributed by atoms with Gasteiger partial charge >= 0.3 is 24.0 Å². The second kappa shape index (κ2) is 11.5. The van der Waals surface area contributed by atoms with Crippen LogP contribution in [0, 0.1) is 5.41 Å². The number of carbonyl (C=O) groups excluding carboxylic acids is 4. The average molecular weight is 369 g/mol. The highest BCUT2D eigenvalue weighted by Crippen LogP contribution is 2.22. The number of esters is 3. The minimum atomic E-state index is -1.34. The smallest absolute Gasteiger partial charge is 0.406 e. The summed E-state index contributed by atoms with van der Waals surface area (Å²) < 4.78 is 20.0. The molecule has 0 heterocycles. The van der Waals surface area contributed by atoms with Gasteiger partial charge in [-0.05, 0) is 6.92 Å². The molecule has 9 nitrogen and oxygen atoms in total. The molecule has 0 saturated heterocycles. The van der Waals surface area contributed by atoms with Gasteiger partial charge in [0.05, 0.1) is 0 Å². The van der Waals surface area contributed by atoms with E-state index in [1.807, 2.05) is 0 Å². The van der Waals surface area contributed by atoms with Crippen molar-refractivity contribution in [2.75, 3.05) is 33.5 Å². The summed E-state index contributed by atoms with van der Waals surface area (Å²) in [5, 5.41) is 2.24. The predicted molar refractivity (Wildman–Crippen MR) is 90.9 cm³/mol. The molecule has 0 aliphatic carbocycles. The molecule has 0 aromatic rings. The molecule has 1 amide bonds. The molecule has 0 rings (SSSR count). The molecular weight excluding hydrogens is 346 g/mol. The molecule has 1 N–H and O–H groups in total. The Hall–Kier alpha value is -3.10. The molecule has 0 spiro atoms. The standard InChI is InChI=1S/C17H23NO8/c1-6-13(19)23-8-17(9-24-14(20)7-2,11-26-16(22)18-5)10-25-15(21)12(3)4/h6-7H,1-3,8-11H2,4-5H3,(H,18,22). The number of alkyl carbamates (subject to hydrolysis) is 1. The van der Waals surface area contributed by atoms with E-state index in [1.54, 1.807) is 0 Å². The summed E-state index contributed by atoms with van der Waals surface area (Å²) >= 11 is 0. The molecule has 0 unspecified atom stereocenters. The van der Waals surface area contributed by atoms with Gasteiger partial charge in [0, 0.05) is 24.8 Å². The zero-order valence-electron chi connectivity index (χ0n) is 14.9. The van der Waals surface area contributed by atoms with E-state index in [4.69, 9.17) is 18.9 Å². The Bertz CT molecular complexity index is 557. The maximum absolute atomic E-state index is 11.7. The highest BCUT2D eigenvalue weighted by atomic mass is 16.6. The third-order valence-corrected chi connectivity index (χ3v) is 2.95. The van der Waals surface area contributed by atoms with E-state index in [0.717, 1.165) is 12.2 Å². The van der Waals surface area contributed by atoms with Crippen molar-refractivity contribution in [3.8, 4) is 0 Å². The fraction of sp³-hybridized carbons (Fsp3) is 0.412. The number of hydrogen-bond acceptors (Lipinski definition) is 8. The molecule has 0 saturated carbocycles. The fourth-order valence-electron chi connectivity index (χ4n) is 1.45. The zero-order chi connectivity index (χ0) is 20.2. The van der Waals surface area contributed by atoms with Crippen molar-refractivity contribution < 1.29 is 38.1 Å². The van der Waals surface area contributed by atoms with Gasteiger partial charge in [-0.2, -0.15) is 0 Å². The van der Waals surface area contributed by atoms with Gasteiger partial charge in [-0.15, -0.1) is 0 Å². The summed E-state index contributed by atoms with van der Waals surface area (Å²) in [5.74, 6) is -2.22. The SMILES string of the molecule is C=CC(=O)OCC(COC(=O)C=C)(COC(=O)NC)COC(=O)C(=C)C. The lowest BCUT2D eigenvalue weighted by molar-refractivity contribution is -0.159. The Morgan fingerprint density at radius 3 is 1.69 bits per heavy atom. The maximum atomic E-state index is 11.7. The van der Waals surface area contributed by atoms with Gasteiger partial charge in [-0.3, -0.25) is 0 Å². The Labute approximate surface area is 151 Å². The molecule has 144 valence electrons. The van der Waals surface area contributed by atoms with Crippen LogP contribution in [0.15, 0.2) is 37.5 Å². The molecule has 0 aliphatic rings. The van der Waals surface area contributed by atoms with Gasteiger partial charge < -0.3 is 24.3 Å². The monoisotopic (exact) mass is 369 g/mol. The number of ether oxygens (including phenoxy) is 4. The van der Waals surface area contributed by atoms with Crippen molar-refractivity contribution in [2.24, 2.45) is 5.41 Å². The summed E-state index contributed by atoms with van der Waals surface area (Å²) in [4.78, 5) is 45.8. The Morgan fingerprint density at radius 1 is 0.885 bits per heavy atom. The van der Waals surface area contributed by atoms with Crippen LogP contribution in [-0.2, 0) is 33.3 Å².